The minimum Gasteiger partial charge on any atom is -0.353 e. The van der Waals surface area contributed by atoms with Crippen LogP contribution in [0.2, 0.25) is 0 Å². The molecule has 1 aliphatic carbocycles. The van der Waals surface area contributed by atoms with Gasteiger partial charge in [-0.3, -0.25) is 9.59 Å². The van der Waals surface area contributed by atoms with E-state index in [0.717, 1.165) is 18.4 Å². The summed E-state index contributed by atoms with van der Waals surface area (Å²) in [5.41, 5.74) is 7.08. The Morgan fingerprint density at radius 2 is 2.10 bits per heavy atom. The standard InChI is InChI=1S/C15H21N3O2/c16-10-11-3-1-4-12(9-11)15(20)17-8-2-5-14(19)18-13-6-7-13/h1,3-4,9,13H,2,5-8,10,16H2,(H,17,20)(H,18,19). The van der Waals surface area contributed by atoms with Gasteiger partial charge in [0, 0.05) is 31.1 Å². The van der Waals surface area contributed by atoms with Crippen LogP contribution in [0.25, 0.3) is 0 Å². The molecule has 0 aromatic heterocycles. The first-order chi connectivity index (χ1) is 9.69. The molecule has 2 rings (SSSR count). The maximum atomic E-state index is 11.9. The maximum Gasteiger partial charge on any atom is 0.251 e. The lowest BCUT2D eigenvalue weighted by molar-refractivity contribution is -0.121. The van der Waals surface area contributed by atoms with E-state index in [0.29, 0.717) is 37.5 Å². The zero-order valence-corrected chi connectivity index (χ0v) is 11.5. The SMILES string of the molecule is NCc1cccc(C(=O)NCCCC(=O)NC2CC2)c1. The number of rotatable bonds is 7. The topological polar surface area (TPSA) is 84.2 Å². The Labute approximate surface area is 118 Å². The number of amides is 2. The van der Waals surface area contributed by atoms with Crippen LogP contribution in [-0.4, -0.2) is 24.4 Å². The predicted octanol–water partition coefficient (Wildman–Crippen LogP) is 0.934. The Bertz CT molecular complexity index is 484. The Balaban J connectivity index is 1.67. The number of hydrogen-bond acceptors (Lipinski definition) is 3. The molecule has 0 aliphatic heterocycles. The van der Waals surface area contributed by atoms with Gasteiger partial charge in [-0.05, 0) is 37.0 Å². The minimum absolute atomic E-state index is 0.0758. The smallest absolute Gasteiger partial charge is 0.251 e. The lowest BCUT2D eigenvalue weighted by Crippen LogP contribution is -2.28. The van der Waals surface area contributed by atoms with Crippen molar-refractivity contribution >= 4 is 11.8 Å². The van der Waals surface area contributed by atoms with Crippen molar-refractivity contribution in [3.05, 3.63) is 35.4 Å². The van der Waals surface area contributed by atoms with Crippen LogP contribution < -0.4 is 16.4 Å². The van der Waals surface area contributed by atoms with Crippen LogP contribution in [0, 0.1) is 0 Å². The zero-order chi connectivity index (χ0) is 14.4. The first-order valence-corrected chi connectivity index (χ1v) is 7.05. The first-order valence-electron chi connectivity index (χ1n) is 7.05. The normalized spacial score (nSPS) is 13.8. The van der Waals surface area contributed by atoms with Gasteiger partial charge in [0.2, 0.25) is 5.91 Å². The molecule has 0 unspecified atom stereocenters. The molecule has 0 radical (unpaired) electrons. The van der Waals surface area contributed by atoms with Crippen molar-refractivity contribution in [1.82, 2.24) is 10.6 Å². The molecule has 20 heavy (non-hydrogen) atoms. The average molecular weight is 275 g/mol. The van der Waals surface area contributed by atoms with E-state index in [1.807, 2.05) is 12.1 Å². The summed E-state index contributed by atoms with van der Waals surface area (Å²) in [5, 5.41) is 5.74. The molecule has 0 atom stereocenters. The summed E-state index contributed by atoms with van der Waals surface area (Å²) in [6.45, 7) is 0.923. The van der Waals surface area contributed by atoms with Crippen LogP contribution in [0.4, 0.5) is 0 Å². The fourth-order valence-electron chi connectivity index (χ4n) is 1.92. The molecule has 5 heteroatoms. The first kappa shape index (κ1) is 14.5. The molecular weight excluding hydrogens is 254 g/mol. The molecule has 1 fully saturated rings. The van der Waals surface area contributed by atoms with Crippen LogP contribution in [-0.2, 0) is 11.3 Å². The zero-order valence-electron chi connectivity index (χ0n) is 11.5. The maximum absolute atomic E-state index is 11.9. The molecule has 0 heterocycles. The number of nitrogens with two attached hydrogens (primary N) is 1. The molecular formula is C15H21N3O2. The Hall–Kier alpha value is -1.88. The lowest BCUT2D eigenvalue weighted by atomic mass is 10.1. The molecule has 0 saturated heterocycles. The van der Waals surface area contributed by atoms with E-state index >= 15 is 0 Å². The van der Waals surface area contributed by atoms with Gasteiger partial charge in [-0.2, -0.15) is 0 Å². The van der Waals surface area contributed by atoms with Crippen molar-refractivity contribution in [2.75, 3.05) is 6.54 Å². The third-order valence-electron chi connectivity index (χ3n) is 3.23. The van der Waals surface area contributed by atoms with Crippen molar-refractivity contribution in [3.8, 4) is 0 Å². The van der Waals surface area contributed by atoms with E-state index < -0.39 is 0 Å². The number of benzene rings is 1. The molecule has 0 spiro atoms. The molecule has 2 amide bonds. The number of carbonyl (C=O) groups is 2. The molecule has 4 N–H and O–H groups in total. The van der Waals surface area contributed by atoms with Gasteiger partial charge in [-0.15, -0.1) is 0 Å². The quantitative estimate of drug-likeness (QED) is 0.647. The van der Waals surface area contributed by atoms with Gasteiger partial charge in [0.1, 0.15) is 0 Å². The highest BCUT2D eigenvalue weighted by molar-refractivity contribution is 5.94. The Kier molecular flexibility index (Phi) is 5.12. The van der Waals surface area contributed by atoms with Crippen LogP contribution >= 0.6 is 0 Å². The monoisotopic (exact) mass is 275 g/mol. The third kappa shape index (κ3) is 4.66. The van der Waals surface area contributed by atoms with Gasteiger partial charge >= 0.3 is 0 Å². The van der Waals surface area contributed by atoms with Gasteiger partial charge in [0.05, 0.1) is 0 Å². The summed E-state index contributed by atoms with van der Waals surface area (Å²) in [5.74, 6) is -0.0465. The molecule has 1 saturated carbocycles. The number of carbonyl (C=O) groups excluding carboxylic acids is 2. The van der Waals surface area contributed by atoms with E-state index in [9.17, 15) is 9.59 Å². The number of hydrogen-bond donors (Lipinski definition) is 3. The van der Waals surface area contributed by atoms with Crippen LogP contribution in [0.15, 0.2) is 24.3 Å². The Morgan fingerprint density at radius 1 is 1.30 bits per heavy atom. The summed E-state index contributed by atoms with van der Waals surface area (Å²) in [7, 11) is 0. The molecule has 0 bridgehead atoms. The molecule has 1 aliphatic rings. The molecule has 1 aromatic rings. The fourth-order valence-corrected chi connectivity index (χ4v) is 1.92. The number of nitrogens with one attached hydrogen (secondary N) is 2. The lowest BCUT2D eigenvalue weighted by Gasteiger charge is -2.07. The summed E-state index contributed by atoms with van der Waals surface area (Å²) >= 11 is 0. The highest BCUT2D eigenvalue weighted by Crippen LogP contribution is 2.18. The van der Waals surface area contributed by atoms with Crippen LogP contribution in [0.3, 0.4) is 0 Å². The van der Waals surface area contributed by atoms with Gasteiger partial charge in [-0.1, -0.05) is 12.1 Å². The van der Waals surface area contributed by atoms with E-state index in [-0.39, 0.29) is 11.8 Å². The summed E-state index contributed by atoms with van der Waals surface area (Å²) in [6.07, 6.45) is 3.31. The molecule has 1 aromatic carbocycles. The largest absolute Gasteiger partial charge is 0.353 e. The predicted molar refractivity (Wildman–Crippen MR) is 77.1 cm³/mol. The third-order valence-corrected chi connectivity index (χ3v) is 3.23. The average Bonchev–Trinajstić information content (AvgIpc) is 3.27. The highest BCUT2D eigenvalue weighted by atomic mass is 16.2. The van der Waals surface area contributed by atoms with Gasteiger partial charge in [0.25, 0.3) is 5.91 Å². The van der Waals surface area contributed by atoms with Crippen LogP contribution in [0.1, 0.15) is 41.6 Å². The van der Waals surface area contributed by atoms with Crippen molar-refractivity contribution in [1.29, 1.82) is 0 Å². The Morgan fingerprint density at radius 3 is 2.80 bits per heavy atom. The highest BCUT2D eigenvalue weighted by Gasteiger charge is 2.22. The van der Waals surface area contributed by atoms with E-state index in [2.05, 4.69) is 10.6 Å². The summed E-state index contributed by atoms with van der Waals surface area (Å²) in [6, 6.07) is 7.65. The van der Waals surface area contributed by atoms with Gasteiger partial charge in [-0.25, -0.2) is 0 Å². The van der Waals surface area contributed by atoms with Crippen molar-refractivity contribution in [2.24, 2.45) is 5.73 Å². The van der Waals surface area contributed by atoms with E-state index in [4.69, 9.17) is 5.73 Å². The van der Waals surface area contributed by atoms with Gasteiger partial charge in [0.15, 0.2) is 0 Å². The fraction of sp³-hybridized carbons (Fsp3) is 0.467. The molecule has 5 nitrogen and oxygen atoms in total. The minimum atomic E-state index is -0.122. The van der Waals surface area contributed by atoms with Crippen LogP contribution in [0.5, 0.6) is 0 Å². The summed E-state index contributed by atoms with van der Waals surface area (Å²) in [4.78, 5) is 23.3. The van der Waals surface area contributed by atoms with E-state index in [1.54, 1.807) is 12.1 Å². The van der Waals surface area contributed by atoms with E-state index in [1.165, 1.54) is 0 Å². The second kappa shape index (κ2) is 7.05. The second-order valence-corrected chi connectivity index (χ2v) is 5.11. The van der Waals surface area contributed by atoms with Gasteiger partial charge < -0.3 is 16.4 Å². The van der Waals surface area contributed by atoms with Crippen molar-refractivity contribution in [2.45, 2.75) is 38.3 Å². The van der Waals surface area contributed by atoms with Crippen molar-refractivity contribution < 1.29 is 9.59 Å². The second-order valence-electron chi connectivity index (χ2n) is 5.11. The van der Waals surface area contributed by atoms with Crippen molar-refractivity contribution in [3.63, 3.8) is 0 Å². The summed E-state index contributed by atoms with van der Waals surface area (Å²) < 4.78 is 0. The molecule has 108 valence electrons.